The fourth-order valence-electron chi connectivity index (χ4n) is 1.32. The Balaban J connectivity index is 1.95. The topological polar surface area (TPSA) is 73.6 Å². The molecule has 0 radical (unpaired) electrons. The van der Waals surface area contributed by atoms with Crippen molar-refractivity contribution < 1.29 is 14.3 Å². The van der Waals surface area contributed by atoms with E-state index >= 15 is 0 Å². The van der Waals surface area contributed by atoms with E-state index in [4.69, 9.17) is 10.5 Å². The molecule has 1 fully saturated rings. The number of carbonyl (C=O) groups excluding carboxylic acids is 1. The van der Waals surface area contributed by atoms with Gasteiger partial charge in [0, 0.05) is 19.2 Å². The predicted octanol–water partition coefficient (Wildman–Crippen LogP) is -0.150. The Hall–Kier alpha value is -0.810. The molecule has 76 valence electrons. The molecule has 1 aliphatic heterocycles. The zero-order chi connectivity index (χ0) is 9.52. The van der Waals surface area contributed by atoms with Crippen LogP contribution in [-0.2, 0) is 9.47 Å². The van der Waals surface area contributed by atoms with E-state index in [1.54, 1.807) is 0 Å². The molecule has 0 aromatic rings. The highest BCUT2D eigenvalue weighted by molar-refractivity contribution is 5.64. The fraction of sp³-hybridized carbons (Fsp3) is 0.875. The first-order valence-electron chi connectivity index (χ1n) is 4.52. The van der Waals surface area contributed by atoms with Crippen LogP contribution in [0.15, 0.2) is 0 Å². The van der Waals surface area contributed by atoms with Gasteiger partial charge in [-0.2, -0.15) is 0 Å². The number of nitrogens with two attached hydrogens (primary N) is 1. The first-order chi connectivity index (χ1) is 6.29. The van der Waals surface area contributed by atoms with Gasteiger partial charge in [0.1, 0.15) is 6.61 Å². The maximum atomic E-state index is 10.2. The van der Waals surface area contributed by atoms with Gasteiger partial charge in [-0.15, -0.1) is 0 Å². The summed E-state index contributed by atoms with van der Waals surface area (Å²) in [5.41, 5.74) is 4.80. The minimum atomic E-state index is -0.721. The van der Waals surface area contributed by atoms with E-state index in [0.717, 1.165) is 26.1 Å². The highest BCUT2D eigenvalue weighted by atomic mass is 16.5. The van der Waals surface area contributed by atoms with Crippen molar-refractivity contribution in [2.24, 2.45) is 5.73 Å². The summed E-state index contributed by atoms with van der Waals surface area (Å²) in [6.07, 6.45) is 1.49. The number of carbonyl (C=O) groups is 1. The average molecular weight is 188 g/mol. The Labute approximate surface area is 77.6 Å². The lowest BCUT2D eigenvalue weighted by atomic mass is 10.1. The minimum Gasteiger partial charge on any atom is -0.448 e. The lowest BCUT2D eigenvalue weighted by molar-refractivity contribution is 0.0680. The quantitative estimate of drug-likeness (QED) is 0.602. The van der Waals surface area contributed by atoms with E-state index in [1.807, 2.05) is 0 Å². The van der Waals surface area contributed by atoms with Crippen LogP contribution in [0.4, 0.5) is 4.79 Å². The van der Waals surface area contributed by atoms with Crippen molar-refractivity contribution in [3.8, 4) is 0 Å². The standard InChI is InChI=1S/C8H16N2O3/c9-8(11)13-5-3-10-7-2-1-4-12-6-7/h7,10H,1-6H2,(H2,9,11). The second kappa shape index (κ2) is 5.77. The molecule has 13 heavy (non-hydrogen) atoms. The molecule has 0 bridgehead atoms. The van der Waals surface area contributed by atoms with Crippen LogP contribution in [0.5, 0.6) is 0 Å². The summed E-state index contributed by atoms with van der Waals surface area (Å²) >= 11 is 0. The summed E-state index contributed by atoms with van der Waals surface area (Å²) in [4.78, 5) is 10.2. The van der Waals surface area contributed by atoms with Crippen molar-refractivity contribution in [2.45, 2.75) is 18.9 Å². The first-order valence-corrected chi connectivity index (χ1v) is 4.52. The second-order valence-electron chi connectivity index (χ2n) is 3.04. The zero-order valence-corrected chi connectivity index (χ0v) is 7.62. The molecule has 1 aliphatic rings. The van der Waals surface area contributed by atoms with Crippen molar-refractivity contribution in [3.05, 3.63) is 0 Å². The van der Waals surface area contributed by atoms with Crippen molar-refractivity contribution in [1.29, 1.82) is 0 Å². The molecule has 3 N–H and O–H groups in total. The molecule has 0 aromatic heterocycles. The minimum absolute atomic E-state index is 0.325. The molecule has 1 heterocycles. The summed E-state index contributed by atoms with van der Waals surface area (Å²) in [6, 6.07) is 0.394. The van der Waals surface area contributed by atoms with E-state index in [9.17, 15) is 4.79 Å². The summed E-state index contributed by atoms with van der Waals surface area (Å²) in [6.45, 7) is 2.56. The van der Waals surface area contributed by atoms with Gasteiger partial charge in [0.05, 0.1) is 6.61 Å². The van der Waals surface area contributed by atoms with Gasteiger partial charge in [-0.3, -0.25) is 0 Å². The largest absolute Gasteiger partial charge is 0.448 e. The second-order valence-corrected chi connectivity index (χ2v) is 3.04. The number of hydrogen-bond acceptors (Lipinski definition) is 4. The van der Waals surface area contributed by atoms with Crippen LogP contribution in [0, 0.1) is 0 Å². The van der Waals surface area contributed by atoms with Crippen LogP contribution in [0.2, 0.25) is 0 Å². The number of hydrogen-bond donors (Lipinski definition) is 2. The van der Waals surface area contributed by atoms with E-state index in [-0.39, 0.29) is 0 Å². The van der Waals surface area contributed by atoms with Crippen LogP contribution in [0.3, 0.4) is 0 Å². The molecule has 1 atom stereocenters. The summed E-state index contributed by atoms with van der Waals surface area (Å²) < 4.78 is 9.83. The van der Waals surface area contributed by atoms with Gasteiger partial charge in [0.15, 0.2) is 0 Å². The summed E-state index contributed by atoms with van der Waals surface area (Å²) in [5.74, 6) is 0. The predicted molar refractivity (Wildman–Crippen MR) is 47.4 cm³/mol. The van der Waals surface area contributed by atoms with Crippen molar-refractivity contribution in [1.82, 2.24) is 5.32 Å². The lowest BCUT2D eigenvalue weighted by Gasteiger charge is -2.22. The maximum Gasteiger partial charge on any atom is 0.404 e. The molecule has 0 aliphatic carbocycles. The van der Waals surface area contributed by atoms with Crippen molar-refractivity contribution >= 4 is 6.09 Å². The Kier molecular flexibility index (Phi) is 4.56. The molecule has 0 spiro atoms. The number of rotatable bonds is 4. The molecule has 0 aromatic carbocycles. The van der Waals surface area contributed by atoms with Gasteiger partial charge in [0.2, 0.25) is 0 Å². The van der Waals surface area contributed by atoms with Gasteiger partial charge >= 0.3 is 6.09 Å². The number of primary amides is 1. The molecule has 1 amide bonds. The molecule has 1 rings (SSSR count). The third-order valence-corrected chi connectivity index (χ3v) is 1.94. The van der Waals surface area contributed by atoms with Crippen LogP contribution < -0.4 is 11.1 Å². The fourth-order valence-corrected chi connectivity index (χ4v) is 1.32. The number of ether oxygens (including phenoxy) is 2. The lowest BCUT2D eigenvalue weighted by Crippen LogP contribution is -2.38. The normalized spacial score (nSPS) is 22.6. The SMILES string of the molecule is NC(=O)OCCNC1CCCOC1. The molecule has 1 saturated heterocycles. The highest BCUT2D eigenvalue weighted by Crippen LogP contribution is 2.04. The smallest absolute Gasteiger partial charge is 0.404 e. The van der Waals surface area contributed by atoms with Crippen LogP contribution >= 0.6 is 0 Å². The maximum absolute atomic E-state index is 10.2. The van der Waals surface area contributed by atoms with Gasteiger partial charge in [-0.05, 0) is 12.8 Å². The van der Waals surface area contributed by atoms with Crippen LogP contribution in [0.25, 0.3) is 0 Å². The van der Waals surface area contributed by atoms with Crippen LogP contribution in [0.1, 0.15) is 12.8 Å². The van der Waals surface area contributed by atoms with E-state index in [2.05, 4.69) is 10.1 Å². The summed E-state index contributed by atoms with van der Waals surface area (Å²) in [5, 5.41) is 3.22. The monoisotopic (exact) mass is 188 g/mol. The highest BCUT2D eigenvalue weighted by Gasteiger charge is 2.12. The first kappa shape index (κ1) is 10.3. The van der Waals surface area contributed by atoms with Gasteiger partial charge < -0.3 is 20.5 Å². The van der Waals surface area contributed by atoms with Gasteiger partial charge in [0.25, 0.3) is 0 Å². The average Bonchev–Trinajstić information content (AvgIpc) is 2.14. The Morgan fingerprint density at radius 3 is 3.15 bits per heavy atom. The number of amides is 1. The Bertz CT molecular complexity index is 157. The van der Waals surface area contributed by atoms with Crippen molar-refractivity contribution in [3.63, 3.8) is 0 Å². The molecule has 5 nitrogen and oxygen atoms in total. The van der Waals surface area contributed by atoms with Crippen molar-refractivity contribution in [2.75, 3.05) is 26.4 Å². The van der Waals surface area contributed by atoms with E-state index in [1.165, 1.54) is 0 Å². The van der Waals surface area contributed by atoms with E-state index < -0.39 is 6.09 Å². The summed E-state index contributed by atoms with van der Waals surface area (Å²) in [7, 11) is 0. The number of nitrogens with one attached hydrogen (secondary N) is 1. The Morgan fingerprint density at radius 1 is 1.69 bits per heavy atom. The molecule has 0 saturated carbocycles. The third-order valence-electron chi connectivity index (χ3n) is 1.94. The molecule has 5 heteroatoms. The van der Waals surface area contributed by atoms with Gasteiger partial charge in [-0.25, -0.2) is 4.79 Å². The molecular weight excluding hydrogens is 172 g/mol. The molecular formula is C8H16N2O3. The van der Waals surface area contributed by atoms with E-state index in [0.29, 0.717) is 19.2 Å². The third kappa shape index (κ3) is 4.69. The molecule has 1 unspecified atom stereocenters. The Morgan fingerprint density at radius 2 is 2.54 bits per heavy atom. The van der Waals surface area contributed by atoms with Gasteiger partial charge in [-0.1, -0.05) is 0 Å². The zero-order valence-electron chi connectivity index (χ0n) is 7.62. The van der Waals surface area contributed by atoms with Crippen LogP contribution in [-0.4, -0.2) is 38.5 Å².